The number of hydrogen-bond donors (Lipinski definition) is 3. The first kappa shape index (κ1) is 24.7. The van der Waals surface area contributed by atoms with Crippen LogP contribution in [0.25, 0.3) is 0 Å². The number of rotatable bonds is 8. The average molecular weight is 433 g/mol. The van der Waals surface area contributed by atoms with Gasteiger partial charge in [-0.25, -0.2) is 0 Å². The lowest BCUT2D eigenvalue weighted by atomic mass is 9.61. The Morgan fingerprint density at radius 1 is 1.19 bits per heavy atom. The zero-order valence-corrected chi connectivity index (χ0v) is 19.9. The summed E-state index contributed by atoms with van der Waals surface area (Å²) in [4.78, 5) is 0. The molecule has 3 aliphatic carbocycles. The maximum atomic E-state index is 10.0. The van der Waals surface area contributed by atoms with Crippen LogP contribution in [0.5, 0.6) is 0 Å². The molecule has 0 radical (unpaired) electrons. The van der Waals surface area contributed by atoms with Gasteiger partial charge >= 0.3 is 0 Å². The second-order valence-corrected chi connectivity index (χ2v) is 10.5. The highest BCUT2D eigenvalue weighted by Crippen LogP contribution is 2.59. The molecule has 4 heteroatoms. The van der Waals surface area contributed by atoms with Crippen molar-refractivity contribution in [3.63, 3.8) is 0 Å². The smallest absolute Gasteiger partial charge is 0.178 e. The van der Waals surface area contributed by atoms with Crippen molar-refractivity contribution in [3.05, 3.63) is 35.5 Å². The molecule has 0 saturated heterocycles. The SMILES string of the molecule is C=C1CC[C@H](O)C/C1=C/C=C1\CCC[C@@]2(C)C1CC[C@@H]2[C@H](C)CCOC(CC)C(O)O. The van der Waals surface area contributed by atoms with E-state index in [9.17, 15) is 15.3 Å². The highest BCUT2D eigenvalue weighted by atomic mass is 16.5. The monoisotopic (exact) mass is 432 g/mol. The maximum absolute atomic E-state index is 10.0. The van der Waals surface area contributed by atoms with Crippen LogP contribution < -0.4 is 0 Å². The predicted molar refractivity (Wildman–Crippen MR) is 125 cm³/mol. The van der Waals surface area contributed by atoms with Crippen LogP contribution in [0.1, 0.15) is 85.0 Å². The van der Waals surface area contributed by atoms with E-state index in [0.717, 1.165) is 25.7 Å². The normalized spacial score (nSPS) is 36.2. The molecule has 0 amide bonds. The fraction of sp³-hybridized carbons (Fsp3) is 0.778. The summed E-state index contributed by atoms with van der Waals surface area (Å²) >= 11 is 0. The maximum Gasteiger partial charge on any atom is 0.178 e. The van der Waals surface area contributed by atoms with E-state index in [1.54, 1.807) is 5.57 Å². The van der Waals surface area contributed by atoms with E-state index in [2.05, 4.69) is 32.6 Å². The minimum atomic E-state index is -1.39. The molecule has 3 aliphatic rings. The van der Waals surface area contributed by atoms with Crippen molar-refractivity contribution in [3.8, 4) is 0 Å². The molecule has 0 spiro atoms. The highest BCUT2D eigenvalue weighted by Gasteiger charge is 2.50. The molecule has 0 aromatic carbocycles. The first-order chi connectivity index (χ1) is 14.8. The molecule has 176 valence electrons. The minimum absolute atomic E-state index is 0.218. The molecule has 3 fully saturated rings. The van der Waals surface area contributed by atoms with Gasteiger partial charge in [0, 0.05) is 6.61 Å². The Hall–Kier alpha value is -0.940. The lowest BCUT2D eigenvalue weighted by Crippen LogP contribution is -2.36. The summed E-state index contributed by atoms with van der Waals surface area (Å²) in [5.74, 6) is 1.90. The largest absolute Gasteiger partial charge is 0.393 e. The van der Waals surface area contributed by atoms with Crippen molar-refractivity contribution < 1.29 is 20.1 Å². The molecule has 0 aromatic rings. The van der Waals surface area contributed by atoms with E-state index in [1.165, 1.54) is 43.3 Å². The minimum Gasteiger partial charge on any atom is -0.393 e. The van der Waals surface area contributed by atoms with Crippen LogP contribution in [0.3, 0.4) is 0 Å². The zero-order chi connectivity index (χ0) is 22.6. The topological polar surface area (TPSA) is 69.9 Å². The zero-order valence-electron chi connectivity index (χ0n) is 19.9. The van der Waals surface area contributed by atoms with Gasteiger partial charge in [-0.05, 0) is 93.0 Å². The average Bonchev–Trinajstić information content (AvgIpc) is 3.09. The first-order valence-corrected chi connectivity index (χ1v) is 12.5. The van der Waals surface area contributed by atoms with Crippen molar-refractivity contribution in [2.24, 2.45) is 23.2 Å². The molecule has 2 unspecified atom stereocenters. The van der Waals surface area contributed by atoms with Crippen molar-refractivity contribution in [2.45, 2.75) is 103 Å². The van der Waals surface area contributed by atoms with E-state index in [1.807, 2.05) is 6.92 Å². The Labute approximate surface area is 189 Å². The first-order valence-electron chi connectivity index (χ1n) is 12.5. The highest BCUT2D eigenvalue weighted by molar-refractivity contribution is 5.36. The second kappa shape index (κ2) is 10.8. The molecule has 6 atom stereocenters. The summed E-state index contributed by atoms with van der Waals surface area (Å²) in [6.07, 6.45) is 12.9. The number of fused-ring (bicyclic) bond motifs is 1. The van der Waals surface area contributed by atoms with Gasteiger partial charge in [-0.2, -0.15) is 0 Å². The summed E-state index contributed by atoms with van der Waals surface area (Å²) in [5.41, 5.74) is 4.35. The predicted octanol–water partition coefficient (Wildman–Crippen LogP) is 5.29. The summed E-state index contributed by atoms with van der Waals surface area (Å²) in [5, 5.41) is 28.8. The molecular formula is C27H44O4. The molecule has 3 saturated carbocycles. The van der Waals surface area contributed by atoms with E-state index in [-0.39, 0.29) is 6.10 Å². The van der Waals surface area contributed by atoms with Crippen LogP contribution in [-0.4, -0.2) is 40.4 Å². The number of hydrogen-bond acceptors (Lipinski definition) is 4. The lowest BCUT2D eigenvalue weighted by molar-refractivity contribution is -0.148. The Morgan fingerprint density at radius 2 is 1.97 bits per heavy atom. The Bertz CT molecular complexity index is 679. The van der Waals surface area contributed by atoms with Gasteiger partial charge in [-0.15, -0.1) is 0 Å². The van der Waals surface area contributed by atoms with E-state index >= 15 is 0 Å². The molecule has 3 rings (SSSR count). The van der Waals surface area contributed by atoms with Crippen LogP contribution >= 0.6 is 0 Å². The lowest BCUT2D eigenvalue weighted by Gasteiger charge is -2.44. The van der Waals surface area contributed by atoms with Gasteiger partial charge in [0.1, 0.15) is 6.10 Å². The number of allylic oxidation sites excluding steroid dienone is 4. The molecule has 4 nitrogen and oxygen atoms in total. The summed E-state index contributed by atoms with van der Waals surface area (Å²) < 4.78 is 5.75. The van der Waals surface area contributed by atoms with Gasteiger partial charge in [0.2, 0.25) is 0 Å². The standard InChI is InChI=1S/C27H44O4/c1-5-25(26(29)30)31-16-14-19(3)23-12-13-24-20(7-6-15-27(23,24)4)9-10-21-17-22(28)11-8-18(21)2/h9-10,19,22-26,28-30H,2,5-8,11-17H2,1,3-4H3/b20-9+,21-10-/t19-,22+,23-,24?,25?,27-/m1/s1. The van der Waals surface area contributed by atoms with Crippen LogP contribution in [0.4, 0.5) is 0 Å². The molecule has 0 aliphatic heterocycles. The summed E-state index contributed by atoms with van der Waals surface area (Å²) in [6.45, 7) is 11.6. The third-order valence-electron chi connectivity index (χ3n) is 8.55. The quantitative estimate of drug-likeness (QED) is 0.456. The van der Waals surface area contributed by atoms with Crippen LogP contribution in [-0.2, 0) is 4.74 Å². The van der Waals surface area contributed by atoms with Gasteiger partial charge in [-0.3, -0.25) is 0 Å². The van der Waals surface area contributed by atoms with Crippen LogP contribution in [0, 0.1) is 23.2 Å². The summed E-state index contributed by atoms with van der Waals surface area (Å²) in [7, 11) is 0. The molecule has 0 aromatic heterocycles. The van der Waals surface area contributed by atoms with Gasteiger partial charge in [0.15, 0.2) is 6.29 Å². The fourth-order valence-corrected chi connectivity index (χ4v) is 6.63. The fourth-order valence-electron chi connectivity index (χ4n) is 6.63. The Balaban J connectivity index is 1.64. The third-order valence-corrected chi connectivity index (χ3v) is 8.55. The van der Waals surface area contributed by atoms with Crippen molar-refractivity contribution in [1.29, 1.82) is 0 Å². The Kier molecular flexibility index (Phi) is 8.59. The van der Waals surface area contributed by atoms with Crippen molar-refractivity contribution >= 4 is 0 Å². The van der Waals surface area contributed by atoms with E-state index in [0.29, 0.717) is 36.2 Å². The molecule has 0 bridgehead atoms. The van der Waals surface area contributed by atoms with Crippen LogP contribution in [0.2, 0.25) is 0 Å². The van der Waals surface area contributed by atoms with Gasteiger partial charge in [0.05, 0.1) is 6.10 Å². The Morgan fingerprint density at radius 3 is 2.68 bits per heavy atom. The number of aliphatic hydroxyl groups is 3. The van der Waals surface area contributed by atoms with Gasteiger partial charge < -0.3 is 20.1 Å². The van der Waals surface area contributed by atoms with Gasteiger partial charge in [-0.1, -0.05) is 50.6 Å². The number of ether oxygens (including phenoxy) is 1. The molecule has 3 N–H and O–H groups in total. The van der Waals surface area contributed by atoms with Crippen LogP contribution in [0.15, 0.2) is 35.5 Å². The van der Waals surface area contributed by atoms with Crippen molar-refractivity contribution in [1.82, 2.24) is 0 Å². The molecule has 0 heterocycles. The van der Waals surface area contributed by atoms with Crippen molar-refractivity contribution in [2.75, 3.05) is 6.61 Å². The van der Waals surface area contributed by atoms with E-state index in [4.69, 9.17) is 4.74 Å². The molecular weight excluding hydrogens is 388 g/mol. The second-order valence-electron chi connectivity index (χ2n) is 10.5. The van der Waals surface area contributed by atoms with E-state index < -0.39 is 12.4 Å². The number of aliphatic hydroxyl groups excluding tert-OH is 2. The van der Waals surface area contributed by atoms with Gasteiger partial charge in [0.25, 0.3) is 0 Å². The molecule has 31 heavy (non-hydrogen) atoms. The third kappa shape index (κ3) is 5.71. The summed E-state index contributed by atoms with van der Waals surface area (Å²) in [6, 6.07) is 0.